The first-order valence-corrected chi connectivity index (χ1v) is 5.16. The number of hydrogen-bond acceptors (Lipinski definition) is 1. The minimum atomic E-state index is -4.38. The molecule has 0 saturated carbocycles. The van der Waals surface area contributed by atoms with Crippen LogP contribution in [0.1, 0.15) is 27.7 Å². The van der Waals surface area contributed by atoms with Gasteiger partial charge in [0.2, 0.25) is 0 Å². The molecule has 3 nitrogen and oxygen atoms in total. The average Bonchev–Trinajstić information content (AvgIpc) is 2.13. The van der Waals surface area contributed by atoms with Gasteiger partial charge in [0.25, 0.3) is 0 Å². The number of rotatable bonds is 3. The summed E-state index contributed by atoms with van der Waals surface area (Å²) in [5.74, 6) is 0. The minimum absolute atomic E-state index is 0.0826. The predicted octanol–water partition coefficient (Wildman–Crippen LogP) is 3.11. The Morgan fingerprint density at radius 1 is 1.29 bits per heavy atom. The third-order valence-corrected chi connectivity index (χ3v) is 1.81. The van der Waals surface area contributed by atoms with Crippen LogP contribution >= 0.6 is 0 Å². The second kappa shape index (κ2) is 6.32. The summed E-state index contributed by atoms with van der Waals surface area (Å²) in [6.45, 7) is 6.01. The first-order chi connectivity index (χ1) is 7.66. The molecular formula is C11H17F3N2O. The van der Waals surface area contributed by atoms with Crippen LogP contribution in [0.25, 0.3) is 0 Å². The number of carbonyl (C=O) groups is 1. The van der Waals surface area contributed by atoms with E-state index in [9.17, 15) is 18.0 Å². The number of carbonyl (C=O) groups excluding carboxylic acids is 1. The van der Waals surface area contributed by atoms with Gasteiger partial charge in [0, 0.05) is 17.3 Å². The Bertz CT molecular complexity index is 330. The first kappa shape index (κ1) is 15.5. The van der Waals surface area contributed by atoms with Crippen molar-refractivity contribution in [2.24, 2.45) is 0 Å². The van der Waals surface area contributed by atoms with E-state index < -0.39 is 17.8 Å². The Hall–Kier alpha value is -1.46. The Morgan fingerprint density at radius 2 is 1.82 bits per heavy atom. The molecule has 98 valence electrons. The summed E-state index contributed by atoms with van der Waals surface area (Å²) in [7, 11) is 0. The number of amides is 2. The highest BCUT2D eigenvalue weighted by Crippen LogP contribution is 2.25. The molecule has 0 aliphatic rings. The number of halogens is 3. The second-order valence-corrected chi connectivity index (χ2v) is 3.82. The summed E-state index contributed by atoms with van der Waals surface area (Å²) in [5.41, 5.74) is -0.659. The molecule has 0 aromatic carbocycles. The van der Waals surface area contributed by atoms with Gasteiger partial charge in [-0.25, -0.2) is 4.79 Å². The first-order valence-electron chi connectivity index (χ1n) is 5.16. The van der Waals surface area contributed by atoms with Crippen LogP contribution in [0.2, 0.25) is 0 Å². The van der Waals surface area contributed by atoms with Crippen LogP contribution in [0.4, 0.5) is 18.0 Å². The maximum Gasteiger partial charge on any atom is 0.412 e. The third-order valence-electron chi connectivity index (χ3n) is 1.81. The molecular weight excluding hydrogens is 233 g/mol. The summed E-state index contributed by atoms with van der Waals surface area (Å²) in [6.07, 6.45) is -2.10. The summed E-state index contributed by atoms with van der Waals surface area (Å²) >= 11 is 0. The van der Waals surface area contributed by atoms with Crippen molar-refractivity contribution < 1.29 is 18.0 Å². The van der Waals surface area contributed by atoms with Crippen LogP contribution in [0.15, 0.2) is 23.4 Å². The zero-order valence-electron chi connectivity index (χ0n) is 10.3. The van der Waals surface area contributed by atoms with Crippen LogP contribution in [-0.2, 0) is 0 Å². The minimum Gasteiger partial charge on any atom is -0.336 e. The lowest BCUT2D eigenvalue weighted by atomic mass is 10.2. The van der Waals surface area contributed by atoms with Gasteiger partial charge in [0.05, 0.1) is 0 Å². The molecule has 0 saturated heterocycles. The van der Waals surface area contributed by atoms with Gasteiger partial charge in [0.15, 0.2) is 0 Å². The number of nitrogens with one attached hydrogen (secondary N) is 2. The highest BCUT2D eigenvalue weighted by molar-refractivity contribution is 5.76. The highest BCUT2D eigenvalue weighted by Gasteiger charge is 2.30. The molecule has 0 atom stereocenters. The highest BCUT2D eigenvalue weighted by atomic mass is 19.4. The SMILES string of the molecule is C/C=C(\C=C(/C)C(F)(F)F)NC(=O)NC(C)C. The van der Waals surface area contributed by atoms with Gasteiger partial charge in [-0.1, -0.05) is 6.08 Å². The van der Waals surface area contributed by atoms with E-state index in [1.165, 1.54) is 6.08 Å². The van der Waals surface area contributed by atoms with Crippen LogP contribution in [0, 0.1) is 0 Å². The van der Waals surface area contributed by atoms with E-state index in [1.54, 1.807) is 20.8 Å². The summed E-state index contributed by atoms with van der Waals surface area (Å²) in [5, 5.41) is 4.85. The van der Waals surface area contributed by atoms with E-state index >= 15 is 0 Å². The van der Waals surface area contributed by atoms with Crippen molar-refractivity contribution in [3.63, 3.8) is 0 Å². The molecule has 17 heavy (non-hydrogen) atoms. The normalized spacial score (nSPS) is 13.9. The maximum absolute atomic E-state index is 12.3. The molecule has 0 fully saturated rings. The van der Waals surface area contributed by atoms with E-state index in [1.807, 2.05) is 0 Å². The lowest BCUT2D eigenvalue weighted by Gasteiger charge is -2.12. The largest absolute Gasteiger partial charge is 0.412 e. The molecule has 0 aromatic rings. The van der Waals surface area contributed by atoms with Crippen LogP contribution < -0.4 is 10.6 Å². The van der Waals surface area contributed by atoms with Crippen molar-refractivity contribution in [3.8, 4) is 0 Å². The monoisotopic (exact) mass is 250 g/mol. The average molecular weight is 250 g/mol. The molecule has 0 aliphatic heterocycles. The molecule has 0 aromatic heterocycles. The molecule has 6 heteroatoms. The number of allylic oxidation sites excluding steroid dienone is 3. The van der Waals surface area contributed by atoms with Crippen LogP contribution in [-0.4, -0.2) is 18.2 Å². The Kier molecular flexibility index (Phi) is 5.78. The van der Waals surface area contributed by atoms with Crippen molar-refractivity contribution in [1.82, 2.24) is 10.6 Å². The van der Waals surface area contributed by atoms with Gasteiger partial charge >= 0.3 is 12.2 Å². The van der Waals surface area contributed by atoms with Gasteiger partial charge in [-0.05, 0) is 33.8 Å². The molecule has 2 N–H and O–H groups in total. The topological polar surface area (TPSA) is 41.1 Å². The van der Waals surface area contributed by atoms with Crippen LogP contribution in [0.3, 0.4) is 0 Å². The Balaban J connectivity index is 4.63. The standard InChI is InChI=1S/C11H17F3N2O/c1-5-9(6-8(4)11(12,13)14)16-10(17)15-7(2)3/h5-7H,1-4H3,(H2,15,16,17)/b8-6+,9-5+. The third kappa shape index (κ3) is 6.65. The molecule has 0 bridgehead atoms. The zero-order chi connectivity index (χ0) is 13.6. The lowest BCUT2D eigenvalue weighted by Crippen LogP contribution is -2.38. The summed E-state index contributed by atoms with van der Waals surface area (Å²) < 4.78 is 36.8. The zero-order valence-corrected chi connectivity index (χ0v) is 10.3. The van der Waals surface area contributed by atoms with Crippen molar-refractivity contribution in [3.05, 3.63) is 23.4 Å². The molecule has 0 radical (unpaired) electrons. The molecule has 0 heterocycles. The Labute approximate surface area is 98.8 Å². The summed E-state index contributed by atoms with van der Waals surface area (Å²) in [4.78, 5) is 11.3. The van der Waals surface area contributed by atoms with Gasteiger partial charge in [-0.3, -0.25) is 0 Å². The van der Waals surface area contributed by atoms with E-state index in [0.717, 1.165) is 13.0 Å². The second-order valence-electron chi connectivity index (χ2n) is 3.82. The number of hydrogen-bond donors (Lipinski definition) is 2. The number of urea groups is 1. The lowest BCUT2D eigenvalue weighted by molar-refractivity contribution is -0.0913. The van der Waals surface area contributed by atoms with Crippen molar-refractivity contribution in [2.75, 3.05) is 0 Å². The van der Waals surface area contributed by atoms with Gasteiger partial charge in [-0.2, -0.15) is 13.2 Å². The van der Waals surface area contributed by atoms with Crippen molar-refractivity contribution in [2.45, 2.75) is 39.9 Å². The molecule has 0 spiro atoms. The van der Waals surface area contributed by atoms with E-state index in [-0.39, 0.29) is 11.7 Å². The van der Waals surface area contributed by atoms with Crippen molar-refractivity contribution in [1.29, 1.82) is 0 Å². The van der Waals surface area contributed by atoms with E-state index in [4.69, 9.17) is 0 Å². The smallest absolute Gasteiger partial charge is 0.336 e. The fraction of sp³-hybridized carbons (Fsp3) is 0.545. The van der Waals surface area contributed by atoms with Gasteiger partial charge in [-0.15, -0.1) is 0 Å². The quantitative estimate of drug-likeness (QED) is 0.742. The fourth-order valence-electron chi connectivity index (χ4n) is 0.936. The Morgan fingerprint density at radius 3 is 2.18 bits per heavy atom. The van der Waals surface area contributed by atoms with Gasteiger partial charge in [0.1, 0.15) is 0 Å². The van der Waals surface area contributed by atoms with Gasteiger partial charge < -0.3 is 10.6 Å². The predicted molar refractivity (Wildman–Crippen MR) is 60.4 cm³/mol. The maximum atomic E-state index is 12.3. The van der Waals surface area contributed by atoms with E-state index in [2.05, 4.69) is 10.6 Å². The van der Waals surface area contributed by atoms with Crippen molar-refractivity contribution >= 4 is 6.03 Å². The number of alkyl halides is 3. The molecule has 2 amide bonds. The molecule has 0 aliphatic carbocycles. The fourth-order valence-corrected chi connectivity index (χ4v) is 0.936. The molecule has 0 rings (SSSR count). The van der Waals surface area contributed by atoms with Crippen LogP contribution in [0.5, 0.6) is 0 Å². The van der Waals surface area contributed by atoms with E-state index in [0.29, 0.717) is 0 Å². The summed E-state index contributed by atoms with van der Waals surface area (Å²) in [6, 6.07) is -0.611. The molecule has 0 unspecified atom stereocenters.